The Morgan fingerprint density at radius 2 is 1.48 bits per heavy atom. The van der Waals surface area contributed by atoms with Gasteiger partial charge in [0.25, 0.3) is 0 Å². The van der Waals surface area contributed by atoms with Gasteiger partial charge in [0.05, 0.1) is 12.2 Å². The van der Waals surface area contributed by atoms with Crippen LogP contribution in [-0.2, 0) is 11.2 Å². The number of carbonyl (C=O) groups is 2. The maximum absolute atomic E-state index is 12.3. The highest BCUT2D eigenvalue weighted by Crippen LogP contribution is 2.17. The van der Waals surface area contributed by atoms with Crippen LogP contribution in [0.3, 0.4) is 0 Å². The minimum Gasteiger partial charge on any atom is -0.462 e. The van der Waals surface area contributed by atoms with E-state index in [4.69, 9.17) is 4.74 Å². The summed E-state index contributed by atoms with van der Waals surface area (Å²) in [5.41, 5.74) is 4.78. The van der Waals surface area contributed by atoms with Crippen molar-refractivity contribution < 1.29 is 14.3 Å². The molecule has 0 atom stereocenters. The molecule has 2 aromatic carbocycles. The number of benzene rings is 2. The van der Waals surface area contributed by atoms with Crippen molar-refractivity contribution in [1.82, 2.24) is 0 Å². The predicted molar refractivity (Wildman–Crippen MR) is 91.0 cm³/mol. The van der Waals surface area contributed by atoms with Gasteiger partial charge in [-0.25, -0.2) is 4.79 Å². The number of rotatable bonds is 6. The van der Waals surface area contributed by atoms with Gasteiger partial charge in [-0.2, -0.15) is 0 Å². The van der Waals surface area contributed by atoms with Crippen LogP contribution in [0.15, 0.2) is 42.5 Å². The summed E-state index contributed by atoms with van der Waals surface area (Å²) < 4.78 is 4.94. The topological polar surface area (TPSA) is 43.4 Å². The third-order valence-corrected chi connectivity index (χ3v) is 3.96. The summed E-state index contributed by atoms with van der Waals surface area (Å²) >= 11 is 0. The van der Waals surface area contributed by atoms with Gasteiger partial charge in [-0.1, -0.05) is 30.3 Å². The zero-order valence-electron chi connectivity index (χ0n) is 13.9. The summed E-state index contributed by atoms with van der Waals surface area (Å²) in [6.07, 6.45) is 1.20. The van der Waals surface area contributed by atoms with Crippen molar-refractivity contribution in [3.63, 3.8) is 0 Å². The maximum atomic E-state index is 12.3. The van der Waals surface area contributed by atoms with Crippen LogP contribution in [0.25, 0.3) is 0 Å². The molecule has 0 saturated carbocycles. The second-order valence-electron chi connectivity index (χ2n) is 5.59. The lowest BCUT2D eigenvalue weighted by Crippen LogP contribution is -2.06. The first-order valence-electron chi connectivity index (χ1n) is 7.88. The molecule has 23 heavy (non-hydrogen) atoms. The Labute approximate surface area is 137 Å². The normalized spacial score (nSPS) is 10.4. The molecule has 0 heterocycles. The molecule has 0 fully saturated rings. The molecular weight excluding hydrogens is 288 g/mol. The van der Waals surface area contributed by atoms with Crippen LogP contribution in [0.2, 0.25) is 0 Å². The van der Waals surface area contributed by atoms with E-state index in [2.05, 4.69) is 26.0 Å². The van der Waals surface area contributed by atoms with E-state index in [-0.39, 0.29) is 11.8 Å². The van der Waals surface area contributed by atoms with Gasteiger partial charge in [0.1, 0.15) is 0 Å². The number of carbonyl (C=O) groups excluding carboxylic acids is 2. The average molecular weight is 310 g/mol. The molecule has 120 valence electrons. The van der Waals surface area contributed by atoms with E-state index in [9.17, 15) is 9.59 Å². The molecule has 0 aliphatic heterocycles. The van der Waals surface area contributed by atoms with Gasteiger partial charge in [-0.3, -0.25) is 4.79 Å². The number of ketones is 1. The lowest BCUT2D eigenvalue weighted by molar-refractivity contribution is 0.0526. The molecule has 0 amide bonds. The number of Topliss-reactive ketones (excluding diaryl/α,β-unsaturated/α-hetero) is 1. The molecule has 0 unspecified atom stereocenters. The van der Waals surface area contributed by atoms with E-state index < -0.39 is 0 Å². The Morgan fingerprint density at radius 3 is 2.04 bits per heavy atom. The van der Waals surface area contributed by atoms with Crippen molar-refractivity contribution in [3.05, 3.63) is 70.3 Å². The third kappa shape index (κ3) is 4.28. The standard InChI is InChI=1S/C20H22O3/c1-4-23-20(22)17-10-8-16(9-11-17)19(21)13-12-18-14(2)6-5-7-15(18)3/h5-11H,4,12-13H2,1-3H3. The van der Waals surface area contributed by atoms with E-state index >= 15 is 0 Å². The molecule has 2 rings (SSSR count). The van der Waals surface area contributed by atoms with E-state index in [0.29, 0.717) is 24.2 Å². The fourth-order valence-electron chi connectivity index (χ4n) is 2.63. The fourth-order valence-corrected chi connectivity index (χ4v) is 2.63. The quantitative estimate of drug-likeness (QED) is 0.590. The number of esters is 1. The van der Waals surface area contributed by atoms with Gasteiger partial charge >= 0.3 is 5.97 Å². The summed E-state index contributed by atoms with van der Waals surface area (Å²) in [7, 11) is 0. The first kappa shape index (κ1) is 16.9. The van der Waals surface area contributed by atoms with Crippen molar-refractivity contribution in [1.29, 1.82) is 0 Å². The van der Waals surface area contributed by atoms with Crippen LogP contribution in [0.4, 0.5) is 0 Å². The monoisotopic (exact) mass is 310 g/mol. The highest BCUT2D eigenvalue weighted by atomic mass is 16.5. The molecule has 0 N–H and O–H groups in total. The second kappa shape index (κ2) is 7.73. The van der Waals surface area contributed by atoms with E-state index in [1.54, 1.807) is 31.2 Å². The van der Waals surface area contributed by atoms with Crippen LogP contribution in [0, 0.1) is 13.8 Å². The minimum absolute atomic E-state index is 0.0862. The molecule has 0 radical (unpaired) electrons. The number of aryl methyl sites for hydroxylation is 2. The number of hydrogen-bond donors (Lipinski definition) is 0. The average Bonchev–Trinajstić information content (AvgIpc) is 2.54. The van der Waals surface area contributed by atoms with E-state index in [1.807, 2.05) is 6.07 Å². The Kier molecular flexibility index (Phi) is 5.69. The van der Waals surface area contributed by atoms with Crippen LogP contribution >= 0.6 is 0 Å². The summed E-state index contributed by atoms with van der Waals surface area (Å²) in [4.78, 5) is 23.9. The molecule has 0 spiro atoms. The predicted octanol–water partition coefficient (Wildman–Crippen LogP) is 4.30. The van der Waals surface area contributed by atoms with E-state index in [0.717, 1.165) is 6.42 Å². The lowest BCUT2D eigenvalue weighted by atomic mass is 9.96. The van der Waals surface area contributed by atoms with Crippen LogP contribution < -0.4 is 0 Å². The Balaban J connectivity index is 2.02. The molecule has 0 aliphatic carbocycles. The van der Waals surface area contributed by atoms with E-state index in [1.165, 1.54) is 16.7 Å². The molecule has 0 aromatic heterocycles. The van der Waals surface area contributed by atoms with Crippen molar-refractivity contribution in [2.75, 3.05) is 6.61 Å². The Hall–Kier alpha value is -2.42. The van der Waals surface area contributed by atoms with Crippen molar-refractivity contribution in [3.8, 4) is 0 Å². The van der Waals surface area contributed by atoms with Gasteiger partial charge in [-0.15, -0.1) is 0 Å². The highest BCUT2D eigenvalue weighted by molar-refractivity contribution is 5.97. The Bertz CT molecular complexity index is 679. The van der Waals surface area contributed by atoms with Crippen LogP contribution in [-0.4, -0.2) is 18.4 Å². The summed E-state index contributed by atoms with van der Waals surface area (Å²) in [6.45, 7) is 6.25. The largest absolute Gasteiger partial charge is 0.462 e. The SMILES string of the molecule is CCOC(=O)c1ccc(C(=O)CCc2c(C)cccc2C)cc1. The molecule has 3 nitrogen and oxygen atoms in total. The minimum atomic E-state index is -0.359. The lowest BCUT2D eigenvalue weighted by Gasteiger charge is -2.09. The zero-order valence-corrected chi connectivity index (χ0v) is 13.9. The first-order chi connectivity index (χ1) is 11.0. The summed E-state index contributed by atoms with van der Waals surface area (Å²) in [5.74, 6) is -0.273. The van der Waals surface area contributed by atoms with Gasteiger partial charge < -0.3 is 4.74 Å². The van der Waals surface area contributed by atoms with Crippen LogP contribution in [0.5, 0.6) is 0 Å². The summed E-state index contributed by atoms with van der Waals surface area (Å²) in [6, 6.07) is 12.8. The smallest absolute Gasteiger partial charge is 0.338 e. The summed E-state index contributed by atoms with van der Waals surface area (Å²) in [5, 5.41) is 0. The molecule has 0 bridgehead atoms. The zero-order chi connectivity index (χ0) is 16.8. The molecule has 0 aliphatic rings. The van der Waals surface area contributed by atoms with Crippen molar-refractivity contribution >= 4 is 11.8 Å². The number of hydrogen-bond acceptors (Lipinski definition) is 3. The maximum Gasteiger partial charge on any atom is 0.338 e. The number of ether oxygens (including phenoxy) is 1. The third-order valence-electron chi connectivity index (χ3n) is 3.96. The first-order valence-corrected chi connectivity index (χ1v) is 7.88. The molecular formula is C20H22O3. The second-order valence-corrected chi connectivity index (χ2v) is 5.59. The van der Waals surface area contributed by atoms with Crippen molar-refractivity contribution in [2.45, 2.75) is 33.6 Å². The van der Waals surface area contributed by atoms with Gasteiger partial charge in [0.2, 0.25) is 0 Å². The van der Waals surface area contributed by atoms with Crippen molar-refractivity contribution in [2.24, 2.45) is 0 Å². The fraction of sp³-hybridized carbons (Fsp3) is 0.300. The molecule has 2 aromatic rings. The van der Waals surface area contributed by atoms with Gasteiger partial charge in [0.15, 0.2) is 5.78 Å². The van der Waals surface area contributed by atoms with Gasteiger partial charge in [-0.05, 0) is 56.0 Å². The highest BCUT2D eigenvalue weighted by Gasteiger charge is 2.11. The Morgan fingerprint density at radius 1 is 0.913 bits per heavy atom. The molecule has 3 heteroatoms. The van der Waals surface area contributed by atoms with Gasteiger partial charge in [0, 0.05) is 12.0 Å². The molecule has 0 saturated heterocycles. The van der Waals surface area contributed by atoms with Crippen LogP contribution in [0.1, 0.15) is 50.8 Å².